The molecule has 1 aliphatic rings. The summed E-state index contributed by atoms with van der Waals surface area (Å²) in [5.74, 6) is -0.495. The molecule has 0 radical (unpaired) electrons. The number of methoxy groups -OCH3 is 1. The molecule has 2 rings (SSSR count). The predicted molar refractivity (Wildman–Crippen MR) is 80.5 cm³/mol. The smallest absolute Gasteiger partial charge is 0.305 e. The van der Waals surface area contributed by atoms with Crippen molar-refractivity contribution < 1.29 is 17.9 Å². The van der Waals surface area contributed by atoms with E-state index in [0.29, 0.717) is 12.2 Å². The first kappa shape index (κ1) is 15.8. The molecule has 21 heavy (non-hydrogen) atoms. The van der Waals surface area contributed by atoms with Gasteiger partial charge in [0.2, 0.25) is 10.0 Å². The van der Waals surface area contributed by atoms with Crippen LogP contribution in [0.25, 0.3) is 0 Å². The lowest BCUT2D eigenvalue weighted by Crippen LogP contribution is -2.26. The number of hydrogen-bond donors (Lipinski definition) is 2. The second-order valence-electron chi connectivity index (χ2n) is 4.97. The van der Waals surface area contributed by atoms with Gasteiger partial charge in [-0.05, 0) is 36.6 Å². The minimum Gasteiger partial charge on any atom is -0.469 e. The van der Waals surface area contributed by atoms with Crippen LogP contribution in [0.15, 0.2) is 18.2 Å². The Bertz CT molecular complexity index is 613. The largest absolute Gasteiger partial charge is 0.469 e. The molecular formula is C14H20N2O4S. The molecule has 7 heteroatoms. The van der Waals surface area contributed by atoms with Gasteiger partial charge in [-0.2, -0.15) is 0 Å². The Labute approximate surface area is 124 Å². The molecule has 1 aliphatic heterocycles. The monoisotopic (exact) mass is 312 g/mol. The van der Waals surface area contributed by atoms with Crippen molar-refractivity contribution in [3.05, 3.63) is 29.3 Å². The highest BCUT2D eigenvalue weighted by molar-refractivity contribution is 7.92. The Morgan fingerprint density at radius 1 is 1.43 bits per heavy atom. The summed E-state index contributed by atoms with van der Waals surface area (Å²) in [5.41, 5.74) is 2.79. The molecule has 1 aromatic rings. The van der Waals surface area contributed by atoms with Gasteiger partial charge < -0.3 is 10.1 Å². The molecule has 1 heterocycles. The lowest BCUT2D eigenvalue weighted by atomic mass is 10.00. The predicted octanol–water partition coefficient (Wildman–Crippen LogP) is 1.03. The minimum atomic E-state index is -3.46. The Hall–Kier alpha value is -1.60. The number of nitrogens with one attached hydrogen (secondary N) is 2. The van der Waals surface area contributed by atoms with E-state index in [4.69, 9.17) is 0 Å². The number of hydrogen-bond acceptors (Lipinski definition) is 5. The van der Waals surface area contributed by atoms with Crippen molar-refractivity contribution in [1.29, 1.82) is 0 Å². The molecule has 0 saturated carbocycles. The third kappa shape index (κ3) is 4.44. The third-order valence-corrected chi connectivity index (χ3v) is 4.79. The Morgan fingerprint density at radius 2 is 2.24 bits per heavy atom. The zero-order valence-corrected chi connectivity index (χ0v) is 12.8. The molecular weight excluding hydrogens is 292 g/mol. The number of carbonyl (C=O) groups excluding carboxylic acids is 1. The van der Waals surface area contributed by atoms with E-state index >= 15 is 0 Å². The summed E-state index contributed by atoms with van der Waals surface area (Å²) in [4.78, 5) is 11.0. The summed E-state index contributed by atoms with van der Waals surface area (Å²) in [6.07, 6.45) is 1.24. The minimum absolute atomic E-state index is 0.0980. The van der Waals surface area contributed by atoms with E-state index in [0.717, 1.165) is 18.5 Å². The summed E-state index contributed by atoms with van der Waals surface area (Å²) in [7, 11) is -2.17. The average molecular weight is 312 g/mol. The number of rotatable bonds is 6. The van der Waals surface area contributed by atoms with Crippen molar-refractivity contribution in [3.63, 3.8) is 0 Å². The molecule has 0 atom stereocenters. The first-order valence-electron chi connectivity index (χ1n) is 6.90. The zero-order chi connectivity index (χ0) is 15.3. The van der Waals surface area contributed by atoms with Crippen molar-refractivity contribution in [2.75, 3.05) is 24.1 Å². The molecule has 6 nitrogen and oxygen atoms in total. The van der Waals surface area contributed by atoms with Crippen molar-refractivity contribution in [2.24, 2.45) is 0 Å². The first-order valence-corrected chi connectivity index (χ1v) is 8.56. The van der Waals surface area contributed by atoms with Gasteiger partial charge in [-0.25, -0.2) is 8.42 Å². The van der Waals surface area contributed by atoms with Crippen LogP contribution in [-0.4, -0.2) is 33.8 Å². The Kier molecular flexibility index (Phi) is 5.19. The normalized spacial score (nSPS) is 14.3. The highest BCUT2D eigenvalue weighted by Crippen LogP contribution is 2.24. The van der Waals surface area contributed by atoms with Crippen LogP contribution in [0.2, 0.25) is 0 Å². The lowest BCUT2D eigenvalue weighted by Gasteiger charge is -2.21. The Morgan fingerprint density at radius 3 is 3.00 bits per heavy atom. The summed E-state index contributed by atoms with van der Waals surface area (Å²) >= 11 is 0. The van der Waals surface area contributed by atoms with Crippen LogP contribution in [0, 0.1) is 0 Å². The van der Waals surface area contributed by atoms with Crippen LogP contribution in [0.1, 0.15) is 24.0 Å². The fraction of sp³-hybridized carbons (Fsp3) is 0.500. The van der Waals surface area contributed by atoms with Crippen LogP contribution < -0.4 is 10.0 Å². The van der Waals surface area contributed by atoms with E-state index < -0.39 is 16.0 Å². The highest BCUT2D eigenvalue weighted by Gasteiger charge is 2.17. The molecule has 0 aromatic heterocycles. The van der Waals surface area contributed by atoms with Gasteiger partial charge in [-0.15, -0.1) is 0 Å². The summed E-state index contributed by atoms with van der Waals surface area (Å²) in [6, 6.07) is 5.64. The van der Waals surface area contributed by atoms with Gasteiger partial charge in [-0.1, -0.05) is 12.1 Å². The second kappa shape index (κ2) is 6.91. The van der Waals surface area contributed by atoms with Crippen LogP contribution in [0.5, 0.6) is 0 Å². The summed E-state index contributed by atoms with van der Waals surface area (Å²) in [5, 5.41) is 3.24. The maximum absolute atomic E-state index is 12.1. The molecule has 0 saturated heterocycles. The fourth-order valence-corrected chi connectivity index (χ4v) is 3.49. The number of sulfonamides is 1. The topological polar surface area (TPSA) is 84.5 Å². The molecule has 0 spiro atoms. The van der Waals surface area contributed by atoms with E-state index in [1.54, 1.807) is 6.07 Å². The maximum atomic E-state index is 12.1. The van der Waals surface area contributed by atoms with Gasteiger partial charge >= 0.3 is 5.97 Å². The molecule has 0 amide bonds. The molecule has 0 bridgehead atoms. The van der Waals surface area contributed by atoms with Crippen LogP contribution in [0.3, 0.4) is 0 Å². The molecule has 2 N–H and O–H groups in total. The zero-order valence-electron chi connectivity index (χ0n) is 12.0. The average Bonchev–Trinajstić information content (AvgIpc) is 2.47. The third-order valence-electron chi connectivity index (χ3n) is 3.43. The van der Waals surface area contributed by atoms with E-state index in [1.165, 1.54) is 12.7 Å². The Balaban J connectivity index is 2.02. The maximum Gasteiger partial charge on any atom is 0.305 e. The number of ether oxygens (including phenoxy) is 1. The molecule has 0 aliphatic carbocycles. The van der Waals surface area contributed by atoms with Crippen molar-refractivity contribution >= 4 is 21.7 Å². The molecule has 0 unspecified atom stereocenters. The lowest BCUT2D eigenvalue weighted by molar-refractivity contribution is -0.140. The number of fused-ring (bicyclic) bond motifs is 1. The number of carbonyl (C=O) groups is 1. The SMILES string of the molecule is COC(=O)CCCS(=O)(=O)Nc1cccc2c1CNCC2. The van der Waals surface area contributed by atoms with Gasteiger partial charge in [0.25, 0.3) is 0 Å². The number of benzene rings is 1. The van der Waals surface area contributed by atoms with Crippen LogP contribution in [0.4, 0.5) is 5.69 Å². The van der Waals surface area contributed by atoms with E-state index in [9.17, 15) is 13.2 Å². The quantitative estimate of drug-likeness (QED) is 0.766. The van der Waals surface area contributed by atoms with Gasteiger partial charge in [0, 0.05) is 13.0 Å². The van der Waals surface area contributed by atoms with Gasteiger partial charge in [0.15, 0.2) is 0 Å². The van der Waals surface area contributed by atoms with Crippen LogP contribution >= 0.6 is 0 Å². The van der Waals surface area contributed by atoms with Gasteiger partial charge in [0.05, 0.1) is 18.6 Å². The van der Waals surface area contributed by atoms with Gasteiger partial charge in [-0.3, -0.25) is 9.52 Å². The van der Waals surface area contributed by atoms with Gasteiger partial charge in [0.1, 0.15) is 0 Å². The fourth-order valence-electron chi connectivity index (χ4n) is 2.34. The van der Waals surface area contributed by atoms with Crippen LogP contribution in [-0.2, 0) is 32.5 Å². The summed E-state index contributed by atoms with van der Waals surface area (Å²) in [6.45, 7) is 1.57. The summed E-state index contributed by atoms with van der Waals surface area (Å²) < 4.78 is 31.3. The van der Waals surface area contributed by atoms with Crippen molar-refractivity contribution in [3.8, 4) is 0 Å². The number of anilines is 1. The second-order valence-corrected chi connectivity index (χ2v) is 6.81. The van der Waals surface area contributed by atoms with Crippen molar-refractivity contribution in [2.45, 2.75) is 25.8 Å². The standard InChI is InChI=1S/C14H20N2O4S/c1-20-14(17)6-3-9-21(18,19)16-13-5-2-4-11-7-8-15-10-12(11)13/h2,4-5,15-16H,3,6-10H2,1H3. The van der Waals surface area contributed by atoms with Crippen molar-refractivity contribution in [1.82, 2.24) is 5.32 Å². The molecule has 116 valence electrons. The van der Waals surface area contributed by atoms with E-state index in [-0.39, 0.29) is 18.6 Å². The van der Waals surface area contributed by atoms with E-state index in [2.05, 4.69) is 14.8 Å². The number of esters is 1. The highest BCUT2D eigenvalue weighted by atomic mass is 32.2. The molecule has 0 fully saturated rings. The van der Waals surface area contributed by atoms with E-state index in [1.807, 2.05) is 12.1 Å². The molecule has 1 aromatic carbocycles. The first-order chi connectivity index (χ1) is 10.0.